The van der Waals surface area contributed by atoms with Crippen molar-refractivity contribution in [1.29, 1.82) is 0 Å². The van der Waals surface area contributed by atoms with E-state index in [4.69, 9.17) is 5.11 Å². The fourth-order valence-corrected chi connectivity index (χ4v) is 1.68. The Morgan fingerprint density at radius 3 is 2.82 bits per heavy atom. The summed E-state index contributed by atoms with van der Waals surface area (Å²) in [4.78, 5) is 7.60. The van der Waals surface area contributed by atoms with E-state index >= 15 is 0 Å². The lowest BCUT2D eigenvalue weighted by Gasteiger charge is -1.99. The number of hydrogen-bond donors (Lipinski definition) is 3. The number of imidazole rings is 1. The van der Waals surface area contributed by atoms with Gasteiger partial charge in [0.2, 0.25) is 0 Å². The average Bonchev–Trinajstić information content (AvgIpc) is 2.79. The molecule has 1 aromatic carbocycles. The van der Waals surface area contributed by atoms with Crippen LogP contribution in [0.1, 0.15) is 17.1 Å². The van der Waals surface area contributed by atoms with Crippen LogP contribution < -0.4 is 5.32 Å². The molecular formula is C13H17N3O. The number of aromatic amines is 1. The van der Waals surface area contributed by atoms with Crippen LogP contribution in [0.5, 0.6) is 0 Å². The molecule has 0 saturated carbocycles. The van der Waals surface area contributed by atoms with Crippen molar-refractivity contribution >= 4 is 0 Å². The number of aliphatic hydroxyl groups is 1. The molecule has 3 N–H and O–H groups in total. The van der Waals surface area contributed by atoms with Gasteiger partial charge in [-0.25, -0.2) is 4.98 Å². The van der Waals surface area contributed by atoms with Gasteiger partial charge in [-0.1, -0.05) is 30.3 Å². The minimum atomic E-state index is 0.158. The van der Waals surface area contributed by atoms with Gasteiger partial charge in [0.1, 0.15) is 5.82 Å². The molecule has 1 aromatic heterocycles. The Labute approximate surface area is 101 Å². The Bertz CT molecular complexity index is 439. The molecule has 0 bridgehead atoms. The van der Waals surface area contributed by atoms with Gasteiger partial charge in [0.15, 0.2) is 0 Å². The molecule has 2 aromatic rings. The molecule has 17 heavy (non-hydrogen) atoms. The van der Waals surface area contributed by atoms with E-state index in [1.54, 1.807) is 0 Å². The molecule has 0 radical (unpaired) electrons. The lowest BCUT2D eigenvalue weighted by atomic mass is 10.1. The minimum Gasteiger partial charge on any atom is -0.395 e. The summed E-state index contributed by atoms with van der Waals surface area (Å²) in [7, 11) is 0. The van der Waals surface area contributed by atoms with Crippen LogP contribution in [0.25, 0.3) is 0 Å². The van der Waals surface area contributed by atoms with E-state index in [1.807, 2.05) is 24.4 Å². The van der Waals surface area contributed by atoms with Crippen molar-refractivity contribution in [2.75, 3.05) is 13.2 Å². The van der Waals surface area contributed by atoms with E-state index in [0.29, 0.717) is 13.1 Å². The largest absolute Gasteiger partial charge is 0.395 e. The van der Waals surface area contributed by atoms with Crippen LogP contribution in [0.15, 0.2) is 36.5 Å². The molecular weight excluding hydrogens is 214 g/mol. The van der Waals surface area contributed by atoms with Crippen LogP contribution >= 0.6 is 0 Å². The van der Waals surface area contributed by atoms with Crippen LogP contribution in [0.3, 0.4) is 0 Å². The molecule has 0 spiro atoms. The summed E-state index contributed by atoms with van der Waals surface area (Å²) < 4.78 is 0. The Morgan fingerprint density at radius 1 is 1.24 bits per heavy atom. The zero-order valence-corrected chi connectivity index (χ0v) is 9.69. The van der Waals surface area contributed by atoms with Gasteiger partial charge in [0.05, 0.1) is 6.61 Å². The smallest absolute Gasteiger partial charge is 0.110 e. The van der Waals surface area contributed by atoms with Crippen molar-refractivity contribution in [3.8, 4) is 0 Å². The van der Waals surface area contributed by atoms with Crippen molar-refractivity contribution in [3.63, 3.8) is 0 Å². The second-order valence-corrected chi connectivity index (χ2v) is 3.92. The van der Waals surface area contributed by atoms with Crippen LogP contribution in [-0.4, -0.2) is 28.2 Å². The van der Waals surface area contributed by atoms with E-state index in [9.17, 15) is 0 Å². The normalized spacial score (nSPS) is 10.6. The fraction of sp³-hybridized carbons (Fsp3) is 0.308. The van der Waals surface area contributed by atoms with Crippen molar-refractivity contribution in [3.05, 3.63) is 53.6 Å². The number of nitrogens with one attached hydrogen (secondary N) is 2. The van der Waals surface area contributed by atoms with Gasteiger partial charge in [-0.05, 0) is 5.56 Å². The molecule has 0 atom stereocenters. The van der Waals surface area contributed by atoms with E-state index in [2.05, 4.69) is 27.4 Å². The van der Waals surface area contributed by atoms with E-state index in [0.717, 1.165) is 17.9 Å². The van der Waals surface area contributed by atoms with Crippen molar-refractivity contribution in [1.82, 2.24) is 15.3 Å². The monoisotopic (exact) mass is 231 g/mol. The molecule has 0 unspecified atom stereocenters. The highest BCUT2D eigenvalue weighted by atomic mass is 16.3. The third-order valence-corrected chi connectivity index (χ3v) is 2.50. The van der Waals surface area contributed by atoms with Gasteiger partial charge in [0, 0.05) is 31.4 Å². The highest BCUT2D eigenvalue weighted by Gasteiger charge is 2.01. The average molecular weight is 231 g/mol. The SMILES string of the molecule is OCCNCc1cnc(Cc2ccccc2)[nH]1. The first kappa shape index (κ1) is 11.8. The van der Waals surface area contributed by atoms with Gasteiger partial charge < -0.3 is 15.4 Å². The minimum absolute atomic E-state index is 0.158. The maximum absolute atomic E-state index is 8.66. The Kier molecular flexibility index (Phi) is 4.30. The predicted molar refractivity (Wildman–Crippen MR) is 66.6 cm³/mol. The lowest BCUT2D eigenvalue weighted by molar-refractivity contribution is 0.291. The predicted octanol–water partition coefficient (Wildman–Crippen LogP) is 1.08. The Balaban J connectivity index is 1.90. The molecule has 0 aliphatic carbocycles. The molecule has 4 heteroatoms. The molecule has 2 rings (SSSR count). The third-order valence-electron chi connectivity index (χ3n) is 2.50. The Morgan fingerprint density at radius 2 is 2.06 bits per heavy atom. The number of benzene rings is 1. The van der Waals surface area contributed by atoms with E-state index in [1.165, 1.54) is 5.56 Å². The molecule has 4 nitrogen and oxygen atoms in total. The number of aliphatic hydroxyl groups excluding tert-OH is 1. The summed E-state index contributed by atoms with van der Waals surface area (Å²) in [6, 6.07) is 10.2. The molecule has 0 fully saturated rings. The quantitative estimate of drug-likeness (QED) is 0.652. The number of aromatic nitrogens is 2. The van der Waals surface area contributed by atoms with Gasteiger partial charge in [0.25, 0.3) is 0 Å². The van der Waals surface area contributed by atoms with Crippen LogP contribution in [0.4, 0.5) is 0 Å². The lowest BCUT2D eigenvalue weighted by Crippen LogP contribution is -2.17. The highest BCUT2D eigenvalue weighted by Crippen LogP contribution is 2.06. The van der Waals surface area contributed by atoms with Crippen molar-refractivity contribution < 1.29 is 5.11 Å². The molecule has 0 amide bonds. The number of rotatable bonds is 6. The molecule has 90 valence electrons. The van der Waals surface area contributed by atoms with Crippen molar-refractivity contribution in [2.45, 2.75) is 13.0 Å². The zero-order valence-electron chi connectivity index (χ0n) is 9.69. The summed E-state index contributed by atoms with van der Waals surface area (Å²) in [6.45, 7) is 1.47. The topological polar surface area (TPSA) is 60.9 Å². The van der Waals surface area contributed by atoms with Crippen molar-refractivity contribution in [2.24, 2.45) is 0 Å². The number of hydrogen-bond acceptors (Lipinski definition) is 3. The molecule has 0 saturated heterocycles. The number of nitrogens with zero attached hydrogens (tertiary/aromatic N) is 1. The second-order valence-electron chi connectivity index (χ2n) is 3.92. The van der Waals surface area contributed by atoms with Gasteiger partial charge in [-0.3, -0.25) is 0 Å². The number of H-pyrrole nitrogens is 1. The van der Waals surface area contributed by atoms with Crippen LogP contribution in [0, 0.1) is 0 Å². The van der Waals surface area contributed by atoms with Crippen LogP contribution in [0.2, 0.25) is 0 Å². The first-order chi connectivity index (χ1) is 8.38. The van der Waals surface area contributed by atoms with Gasteiger partial charge in [-0.15, -0.1) is 0 Å². The van der Waals surface area contributed by atoms with Gasteiger partial charge in [-0.2, -0.15) is 0 Å². The summed E-state index contributed by atoms with van der Waals surface area (Å²) in [5.41, 5.74) is 2.29. The maximum Gasteiger partial charge on any atom is 0.110 e. The summed E-state index contributed by atoms with van der Waals surface area (Å²) in [5, 5.41) is 11.8. The van der Waals surface area contributed by atoms with Crippen LogP contribution in [-0.2, 0) is 13.0 Å². The highest BCUT2D eigenvalue weighted by molar-refractivity contribution is 5.19. The third kappa shape index (κ3) is 3.69. The summed E-state index contributed by atoms with van der Waals surface area (Å²) in [6.07, 6.45) is 2.66. The molecule has 0 aliphatic rings. The zero-order chi connectivity index (χ0) is 11.9. The van der Waals surface area contributed by atoms with E-state index in [-0.39, 0.29) is 6.61 Å². The molecule has 0 aliphatic heterocycles. The van der Waals surface area contributed by atoms with Gasteiger partial charge >= 0.3 is 0 Å². The first-order valence-electron chi connectivity index (χ1n) is 5.77. The first-order valence-corrected chi connectivity index (χ1v) is 5.77. The maximum atomic E-state index is 8.66. The fourth-order valence-electron chi connectivity index (χ4n) is 1.68. The standard InChI is InChI=1S/C13H17N3O/c17-7-6-14-9-12-10-15-13(16-12)8-11-4-2-1-3-5-11/h1-5,10,14,17H,6-9H2,(H,15,16). The molecule has 1 heterocycles. The summed E-state index contributed by atoms with van der Waals surface area (Å²) in [5.74, 6) is 0.969. The summed E-state index contributed by atoms with van der Waals surface area (Å²) >= 11 is 0. The van der Waals surface area contributed by atoms with E-state index < -0.39 is 0 Å². The second kappa shape index (κ2) is 6.18. The Hall–Kier alpha value is -1.65.